The van der Waals surface area contributed by atoms with Gasteiger partial charge in [0.05, 0.1) is 0 Å². The first-order valence-corrected chi connectivity index (χ1v) is 6.30. The summed E-state index contributed by atoms with van der Waals surface area (Å²) in [6, 6.07) is 1.95. The van der Waals surface area contributed by atoms with Gasteiger partial charge in [0.15, 0.2) is 0 Å². The number of nitrogens with one attached hydrogen (secondary N) is 1. The quantitative estimate of drug-likeness (QED) is 0.926. The second-order valence-corrected chi connectivity index (χ2v) is 5.35. The van der Waals surface area contributed by atoms with E-state index in [9.17, 15) is 4.79 Å². The molecule has 0 bridgehead atoms. The van der Waals surface area contributed by atoms with E-state index in [1.165, 1.54) is 12.8 Å². The van der Waals surface area contributed by atoms with Crippen LogP contribution in [0.5, 0.6) is 0 Å². The Morgan fingerprint density at radius 2 is 2.31 bits per heavy atom. The van der Waals surface area contributed by atoms with Crippen LogP contribution >= 0.6 is 15.9 Å². The number of aryl methyl sites for hydroxylation is 1. The second-order valence-electron chi connectivity index (χ2n) is 4.43. The number of carbonyl (C=O) groups excluding carboxylic acids is 1. The number of halogens is 1. The summed E-state index contributed by atoms with van der Waals surface area (Å²) in [5.74, 6) is 1.43. The predicted molar refractivity (Wildman–Crippen MR) is 67.2 cm³/mol. The maximum atomic E-state index is 11.9. The molecule has 1 amide bonds. The van der Waals surface area contributed by atoms with Crippen molar-refractivity contribution in [1.29, 1.82) is 0 Å². The highest BCUT2D eigenvalue weighted by Crippen LogP contribution is 2.37. The molecule has 0 aliphatic heterocycles. The van der Waals surface area contributed by atoms with Crippen LogP contribution < -0.4 is 5.32 Å². The van der Waals surface area contributed by atoms with Gasteiger partial charge in [-0.3, -0.25) is 4.79 Å². The van der Waals surface area contributed by atoms with E-state index in [4.69, 9.17) is 0 Å². The fourth-order valence-electron chi connectivity index (χ4n) is 1.71. The number of nitrogens with zero attached hydrogens (tertiary/aromatic N) is 1. The molecule has 0 saturated heterocycles. The second kappa shape index (κ2) is 4.53. The number of rotatable bonds is 3. The Hall–Kier alpha value is -0.900. The molecule has 86 valence electrons. The zero-order valence-corrected chi connectivity index (χ0v) is 11.0. The normalized spacial score (nSPS) is 16.9. The van der Waals surface area contributed by atoms with Crippen LogP contribution in [-0.4, -0.2) is 10.9 Å². The lowest BCUT2D eigenvalue weighted by Gasteiger charge is -2.12. The molecule has 3 nitrogen and oxygen atoms in total. The van der Waals surface area contributed by atoms with Gasteiger partial charge in [-0.15, -0.1) is 0 Å². The first kappa shape index (κ1) is 11.6. The predicted octanol–water partition coefficient (Wildman–Crippen LogP) is 3.14. The highest BCUT2D eigenvalue weighted by atomic mass is 79.9. The van der Waals surface area contributed by atoms with Crippen molar-refractivity contribution >= 4 is 27.7 Å². The molecule has 0 aromatic carbocycles. The van der Waals surface area contributed by atoms with Crippen LogP contribution in [-0.2, 0) is 4.79 Å². The average molecular weight is 283 g/mol. The molecule has 16 heavy (non-hydrogen) atoms. The van der Waals surface area contributed by atoms with E-state index >= 15 is 0 Å². The van der Waals surface area contributed by atoms with Crippen molar-refractivity contribution in [2.75, 3.05) is 5.32 Å². The fourth-order valence-corrected chi connectivity index (χ4v) is 2.16. The van der Waals surface area contributed by atoms with Crippen molar-refractivity contribution < 1.29 is 4.79 Å². The zero-order chi connectivity index (χ0) is 11.7. The number of pyridine rings is 1. The van der Waals surface area contributed by atoms with E-state index < -0.39 is 0 Å². The van der Waals surface area contributed by atoms with Gasteiger partial charge >= 0.3 is 0 Å². The summed E-state index contributed by atoms with van der Waals surface area (Å²) in [6.07, 6.45) is 4.06. The van der Waals surface area contributed by atoms with Gasteiger partial charge in [-0.25, -0.2) is 4.98 Å². The number of amides is 1. The Bertz CT molecular complexity index is 415. The summed E-state index contributed by atoms with van der Waals surface area (Å²) in [5, 5.41) is 2.89. The number of aromatic nitrogens is 1. The number of carbonyl (C=O) groups is 1. The van der Waals surface area contributed by atoms with E-state index in [2.05, 4.69) is 26.2 Å². The summed E-state index contributed by atoms with van der Waals surface area (Å²) >= 11 is 3.35. The van der Waals surface area contributed by atoms with Crippen LogP contribution in [0.3, 0.4) is 0 Å². The van der Waals surface area contributed by atoms with Crippen LogP contribution in [0.15, 0.2) is 16.7 Å². The van der Waals surface area contributed by atoms with Gasteiger partial charge in [0, 0.05) is 16.6 Å². The maximum Gasteiger partial charge on any atom is 0.228 e. The summed E-state index contributed by atoms with van der Waals surface area (Å²) in [5.41, 5.74) is 0.978. The fraction of sp³-hybridized carbons (Fsp3) is 0.500. The molecule has 0 radical (unpaired) electrons. The van der Waals surface area contributed by atoms with Gasteiger partial charge in [-0.05, 0) is 53.2 Å². The standard InChI is InChI=1S/C12H15BrN2O/c1-7-5-10(13)6-14-11(7)15-12(16)8(2)9-3-4-9/h5-6,8-9H,3-4H2,1-2H3,(H,14,15,16). The molecule has 2 rings (SSSR count). The molecule has 0 spiro atoms. The van der Waals surface area contributed by atoms with Crippen LogP contribution in [0.25, 0.3) is 0 Å². The van der Waals surface area contributed by atoms with Crippen molar-refractivity contribution in [3.05, 3.63) is 22.3 Å². The Morgan fingerprint density at radius 1 is 1.62 bits per heavy atom. The Kier molecular flexibility index (Phi) is 3.28. The summed E-state index contributed by atoms with van der Waals surface area (Å²) < 4.78 is 0.929. The van der Waals surface area contributed by atoms with E-state index in [1.54, 1.807) is 6.20 Å². The van der Waals surface area contributed by atoms with E-state index in [0.29, 0.717) is 11.7 Å². The van der Waals surface area contributed by atoms with Crippen molar-refractivity contribution in [2.24, 2.45) is 11.8 Å². The number of hydrogen-bond acceptors (Lipinski definition) is 2. The van der Waals surface area contributed by atoms with Crippen molar-refractivity contribution in [1.82, 2.24) is 4.98 Å². The minimum absolute atomic E-state index is 0.0837. The number of anilines is 1. The molecule has 1 saturated carbocycles. The third-order valence-electron chi connectivity index (χ3n) is 3.03. The van der Waals surface area contributed by atoms with Crippen molar-refractivity contribution in [2.45, 2.75) is 26.7 Å². The van der Waals surface area contributed by atoms with Gasteiger partial charge in [0.25, 0.3) is 0 Å². The Balaban J connectivity index is 2.05. The topological polar surface area (TPSA) is 42.0 Å². The summed E-state index contributed by atoms with van der Waals surface area (Å²) in [6.45, 7) is 3.93. The first-order valence-electron chi connectivity index (χ1n) is 5.51. The van der Waals surface area contributed by atoms with Crippen LogP contribution in [0.2, 0.25) is 0 Å². The molecular weight excluding hydrogens is 268 g/mol. The molecule has 1 aromatic heterocycles. The molecule has 4 heteroatoms. The smallest absolute Gasteiger partial charge is 0.228 e. The minimum Gasteiger partial charge on any atom is -0.310 e. The molecule has 1 heterocycles. The van der Waals surface area contributed by atoms with Crippen molar-refractivity contribution in [3.63, 3.8) is 0 Å². The largest absolute Gasteiger partial charge is 0.310 e. The zero-order valence-electron chi connectivity index (χ0n) is 9.46. The van der Waals surface area contributed by atoms with Gasteiger partial charge < -0.3 is 5.32 Å². The Labute approximate surface area is 104 Å². The molecule has 1 unspecified atom stereocenters. The summed E-state index contributed by atoms with van der Waals surface area (Å²) in [4.78, 5) is 16.1. The van der Waals surface area contributed by atoms with E-state index in [-0.39, 0.29) is 11.8 Å². The molecule has 1 fully saturated rings. The lowest BCUT2D eigenvalue weighted by atomic mass is 10.1. The monoisotopic (exact) mass is 282 g/mol. The van der Waals surface area contributed by atoms with Crippen LogP contribution in [0.1, 0.15) is 25.3 Å². The van der Waals surface area contributed by atoms with Gasteiger partial charge in [0.2, 0.25) is 5.91 Å². The van der Waals surface area contributed by atoms with Gasteiger partial charge in [-0.2, -0.15) is 0 Å². The van der Waals surface area contributed by atoms with E-state index in [1.807, 2.05) is 19.9 Å². The molecule has 1 aliphatic carbocycles. The molecule has 1 atom stereocenters. The maximum absolute atomic E-state index is 11.9. The van der Waals surface area contributed by atoms with Gasteiger partial charge in [0.1, 0.15) is 5.82 Å². The summed E-state index contributed by atoms with van der Waals surface area (Å²) in [7, 11) is 0. The third-order valence-corrected chi connectivity index (χ3v) is 3.46. The van der Waals surface area contributed by atoms with Crippen LogP contribution in [0.4, 0.5) is 5.82 Å². The molecular formula is C12H15BrN2O. The lowest BCUT2D eigenvalue weighted by Crippen LogP contribution is -2.22. The average Bonchev–Trinajstić information content (AvgIpc) is 3.04. The lowest BCUT2D eigenvalue weighted by molar-refractivity contribution is -0.119. The highest BCUT2D eigenvalue weighted by molar-refractivity contribution is 9.10. The first-order chi connectivity index (χ1) is 7.58. The number of hydrogen-bond donors (Lipinski definition) is 1. The minimum atomic E-state index is 0.0837. The van der Waals surface area contributed by atoms with E-state index in [0.717, 1.165) is 10.0 Å². The Morgan fingerprint density at radius 3 is 2.88 bits per heavy atom. The van der Waals surface area contributed by atoms with Crippen LogP contribution in [0, 0.1) is 18.8 Å². The molecule has 1 aliphatic rings. The highest BCUT2D eigenvalue weighted by Gasteiger charge is 2.32. The molecule has 1 aromatic rings. The third kappa shape index (κ3) is 2.61. The van der Waals surface area contributed by atoms with Crippen molar-refractivity contribution in [3.8, 4) is 0 Å². The van der Waals surface area contributed by atoms with Gasteiger partial charge in [-0.1, -0.05) is 6.92 Å². The SMILES string of the molecule is Cc1cc(Br)cnc1NC(=O)C(C)C1CC1. The molecule has 1 N–H and O–H groups in total.